The highest BCUT2D eigenvalue weighted by molar-refractivity contribution is 8.01. The molecular formula is C19H20N4OS2. The van der Waals surface area contributed by atoms with Crippen LogP contribution in [0.15, 0.2) is 65.0 Å². The third kappa shape index (κ3) is 4.83. The fourth-order valence-corrected chi connectivity index (χ4v) is 4.41. The van der Waals surface area contributed by atoms with Crippen molar-refractivity contribution in [3.05, 3.63) is 71.8 Å². The predicted octanol–water partition coefficient (Wildman–Crippen LogP) is 4.07. The van der Waals surface area contributed by atoms with Crippen molar-refractivity contribution in [1.29, 1.82) is 0 Å². The first-order valence-electron chi connectivity index (χ1n) is 8.17. The average Bonchev–Trinajstić information content (AvgIpc) is 3.13. The van der Waals surface area contributed by atoms with Crippen LogP contribution in [0.25, 0.3) is 0 Å². The summed E-state index contributed by atoms with van der Waals surface area (Å²) < 4.78 is 0.768. The highest BCUT2D eigenvalue weighted by Crippen LogP contribution is 2.38. The van der Waals surface area contributed by atoms with Crippen molar-refractivity contribution in [2.75, 3.05) is 19.4 Å². The number of benzene rings is 2. The van der Waals surface area contributed by atoms with Gasteiger partial charge in [0.1, 0.15) is 5.25 Å². The van der Waals surface area contributed by atoms with Crippen LogP contribution in [0.4, 0.5) is 5.13 Å². The lowest BCUT2D eigenvalue weighted by Gasteiger charge is -2.19. The number of carbonyl (C=O) groups excluding carboxylic acids is 1. The van der Waals surface area contributed by atoms with Gasteiger partial charge in [-0.15, -0.1) is 10.2 Å². The van der Waals surface area contributed by atoms with Gasteiger partial charge in [-0.2, -0.15) is 0 Å². The van der Waals surface area contributed by atoms with Crippen molar-refractivity contribution < 1.29 is 4.79 Å². The molecule has 3 aromatic rings. The second kappa shape index (κ2) is 8.82. The maximum absolute atomic E-state index is 12.6. The van der Waals surface area contributed by atoms with Crippen LogP contribution in [-0.2, 0) is 11.3 Å². The molecule has 0 unspecified atom stereocenters. The van der Waals surface area contributed by atoms with E-state index in [0.717, 1.165) is 15.0 Å². The molecule has 0 aliphatic rings. The summed E-state index contributed by atoms with van der Waals surface area (Å²) in [5, 5.41) is 12.1. The summed E-state index contributed by atoms with van der Waals surface area (Å²) in [6.45, 7) is 0.693. The molecule has 3 rings (SSSR count). The lowest BCUT2D eigenvalue weighted by Crippen LogP contribution is -2.26. The van der Waals surface area contributed by atoms with E-state index >= 15 is 0 Å². The van der Waals surface area contributed by atoms with Gasteiger partial charge in [-0.1, -0.05) is 83.8 Å². The first-order valence-corrected chi connectivity index (χ1v) is 9.87. The molecule has 0 aliphatic heterocycles. The molecule has 1 heterocycles. The van der Waals surface area contributed by atoms with Gasteiger partial charge in [0, 0.05) is 20.6 Å². The zero-order valence-corrected chi connectivity index (χ0v) is 16.3. The Hall–Kier alpha value is -2.38. The molecule has 1 atom stereocenters. The Balaban J connectivity index is 1.69. The highest BCUT2D eigenvalue weighted by Gasteiger charge is 2.25. The van der Waals surface area contributed by atoms with Gasteiger partial charge in [-0.05, 0) is 11.1 Å². The summed E-state index contributed by atoms with van der Waals surface area (Å²) in [6.07, 6.45) is 0. The molecule has 1 aromatic heterocycles. The molecule has 0 radical (unpaired) electrons. The molecule has 134 valence electrons. The smallest absolute Gasteiger partial charge is 0.240 e. The summed E-state index contributed by atoms with van der Waals surface area (Å²) in [4.78, 5) is 14.2. The van der Waals surface area contributed by atoms with Gasteiger partial charge in [-0.25, -0.2) is 0 Å². The summed E-state index contributed by atoms with van der Waals surface area (Å²) in [5.74, 6) is 0.0372. The number of likely N-dealkylation sites (N-methyl/N-ethyl adjacent to an activating group) is 1. The number of nitrogens with one attached hydrogen (secondary N) is 1. The van der Waals surface area contributed by atoms with E-state index < -0.39 is 0 Å². The number of nitrogens with zero attached hydrogens (tertiary/aromatic N) is 3. The molecule has 2 aromatic carbocycles. The van der Waals surface area contributed by atoms with Gasteiger partial charge in [0.2, 0.25) is 11.0 Å². The van der Waals surface area contributed by atoms with Crippen molar-refractivity contribution in [1.82, 2.24) is 15.1 Å². The number of hydrogen-bond acceptors (Lipinski definition) is 6. The van der Waals surface area contributed by atoms with Crippen molar-refractivity contribution in [3.63, 3.8) is 0 Å². The molecule has 0 saturated carbocycles. The Morgan fingerprint density at radius 1 is 1.08 bits per heavy atom. The van der Waals surface area contributed by atoms with Crippen molar-refractivity contribution in [2.45, 2.75) is 16.1 Å². The quantitative estimate of drug-likeness (QED) is 0.622. The van der Waals surface area contributed by atoms with E-state index in [0.29, 0.717) is 6.54 Å². The van der Waals surface area contributed by atoms with Crippen molar-refractivity contribution >= 4 is 34.1 Å². The second-order valence-corrected chi connectivity index (χ2v) is 8.18. The Morgan fingerprint density at radius 2 is 1.73 bits per heavy atom. The lowest BCUT2D eigenvalue weighted by molar-refractivity contribution is -0.128. The molecule has 0 spiro atoms. The molecule has 26 heavy (non-hydrogen) atoms. The Bertz CT molecular complexity index is 837. The third-order valence-corrected chi connectivity index (χ3v) is 5.89. The Kier molecular flexibility index (Phi) is 6.25. The molecule has 0 aliphatic carbocycles. The standard InChI is InChI=1S/C19H20N4OS2/c1-23(2)17(24)16(15-11-7-4-8-12-15)25-19-22-21-18(26-19)20-13-14-9-5-3-6-10-14/h3-12,16H,13H2,1-2H3,(H,20,21)/t16-/m1/s1. The minimum Gasteiger partial charge on any atom is -0.356 e. The Labute approximate surface area is 161 Å². The molecular weight excluding hydrogens is 364 g/mol. The molecule has 7 heteroatoms. The average molecular weight is 385 g/mol. The summed E-state index contributed by atoms with van der Waals surface area (Å²) in [5.41, 5.74) is 2.15. The largest absolute Gasteiger partial charge is 0.356 e. The van der Waals surface area contributed by atoms with Gasteiger partial charge in [0.15, 0.2) is 4.34 Å². The minimum absolute atomic E-state index is 0.0372. The minimum atomic E-state index is -0.332. The molecule has 1 N–H and O–H groups in total. The first kappa shape index (κ1) is 18.4. The van der Waals surface area contributed by atoms with Gasteiger partial charge in [0.25, 0.3) is 0 Å². The van der Waals surface area contributed by atoms with E-state index in [2.05, 4.69) is 27.6 Å². The number of hydrogen-bond donors (Lipinski definition) is 1. The fourth-order valence-electron chi connectivity index (χ4n) is 2.33. The number of amides is 1. The first-order chi connectivity index (χ1) is 12.6. The number of aromatic nitrogens is 2. The summed E-state index contributed by atoms with van der Waals surface area (Å²) in [6, 6.07) is 19.9. The van der Waals surface area contributed by atoms with Gasteiger partial charge < -0.3 is 10.2 Å². The van der Waals surface area contributed by atoms with Crippen LogP contribution in [0, 0.1) is 0 Å². The van der Waals surface area contributed by atoms with Gasteiger partial charge in [-0.3, -0.25) is 4.79 Å². The van der Waals surface area contributed by atoms with E-state index in [1.54, 1.807) is 19.0 Å². The van der Waals surface area contributed by atoms with Crippen LogP contribution in [0.1, 0.15) is 16.4 Å². The summed E-state index contributed by atoms with van der Waals surface area (Å²) in [7, 11) is 3.54. The lowest BCUT2D eigenvalue weighted by atomic mass is 10.1. The van der Waals surface area contributed by atoms with Crippen LogP contribution < -0.4 is 5.32 Å². The second-order valence-electron chi connectivity index (χ2n) is 5.85. The predicted molar refractivity (Wildman–Crippen MR) is 107 cm³/mol. The van der Waals surface area contributed by atoms with E-state index in [1.165, 1.54) is 28.7 Å². The fraction of sp³-hybridized carbons (Fsp3) is 0.211. The van der Waals surface area contributed by atoms with Gasteiger partial charge >= 0.3 is 0 Å². The van der Waals surface area contributed by atoms with E-state index in [4.69, 9.17) is 0 Å². The van der Waals surface area contributed by atoms with Crippen molar-refractivity contribution in [3.8, 4) is 0 Å². The van der Waals surface area contributed by atoms with E-state index in [-0.39, 0.29) is 11.2 Å². The molecule has 5 nitrogen and oxygen atoms in total. The van der Waals surface area contributed by atoms with Crippen LogP contribution in [0.2, 0.25) is 0 Å². The molecule has 1 amide bonds. The number of rotatable bonds is 7. The van der Waals surface area contributed by atoms with Crippen LogP contribution in [-0.4, -0.2) is 35.1 Å². The molecule has 0 saturated heterocycles. The van der Waals surface area contributed by atoms with Crippen LogP contribution >= 0.6 is 23.1 Å². The monoisotopic (exact) mass is 384 g/mol. The number of carbonyl (C=O) groups is 1. The van der Waals surface area contributed by atoms with Gasteiger partial charge in [0.05, 0.1) is 0 Å². The molecule has 0 fully saturated rings. The summed E-state index contributed by atoms with van der Waals surface area (Å²) >= 11 is 2.90. The van der Waals surface area contributed by atoms with Crippen LogP contribution in [0.3, 0.4) is 0 Å². The highest BCUT2D eigenvalue weighted by atomic mass is 32.2. The SMILES string of the molecule is CN(C)C(=O)[C@H](Sc1nnc(NCc2ccccc2)s1)c1ccccc1. The normalized spacial score (nSPS) is 11.8. The van der Waals surface area contributed by atoms with E-state index in [1.807, 2.05) is 48.5 Å². The number of anilines is 1. The number of thioether (sulfide) groups is 1. The maximum Gasteiger partial charge on any atom is 0.240 e. The topological polar surface area (TPSA) is 58.1 Å². The zero-order chi connectivity index (χ0) is 18.4. The van der Waals surface area contributed by atoms with Crippen LogP contribution in [0.5, 0.6) is 0 Å². The third-order valence-electron chi connectivity index (χ3n) is 3.68. The maximum atomic E-state index is 12.6. The Morgan fingerprint density at radius 3 is 2.38 bits per heavy atom. The molecule has 0 bridgehead atoms. The van der Waals surface area contributed by atoms with E-state index in [9.17, 15) is 4.79 Å². The zero-order valence-electron chi connectivity index (χ0n) is 14.6. The van der Waals surface area contributed by atoms with Crippen molar-refractivity contribution in [2.24, 2.45) is 0 Å².